The molecular weight excluding hydrogens is 242 g/mol. The minimum Gasteiger partial charge on any atom is -0.481 e. The lowest BCUT2D eigenvalue weighted by Gasteiger charge is -2.29. The van der Waals surface area contributed by atoms with Gasteiger partial charge in [0.05, 0.1) is 12.5 Å². The van der Waals surface area contributed by atoms with E-state index in [0.29, 0.717) is 12.6 Å². The van der Waals surface area contributed by atoms with Crippen molar-refractivity contribution in [3.63, 3.8) is 0 Å². The van der Waals surface area contributed by atoms with Crippen molar-refractivity contribution < 1.29 is 14.6 Å². The van der Waals surface area contributed by atoms with E-state index in [4.69, 9.17) is 9.84 Å². The molecule has 102 valence electrons. The van der Waals surface area contributed by atoms with Gasteiger partial charge in [-0.3, -0.25) is 4.79 Å². The molecule has 1 saturated heterocycles. The molecule has 0 spiro atoms. The molecule has 17 heavy (non-hydrogen) atoms. The number of ether oxygens (including phenoxy) is 1. The summed E-state index contributed by atoms with van der Waals surface area (Å²) in [5.41, 5.74) is 0. The fourth-order valence-electron chi connectivity index (χ4n) is 2.10. The zero-order valence-corrected chi connectivity index (χ0v) is 11.4. The van der Waals surface area contributed by atoms with Crippen LogP contribution >= 0.6 is 12.4 Å². The molecule has 4 nitrogen and oxygen atoms in total. The molecule has 1 atom stereocenters. The Bertz CT molecular complexity index is 208. The van der Waals surface area contributed by atoms with Gasteiger partial charge in [0.15, 0.2) is 0 Å². The third-order valence-corrected chi connectivity index (χ3v) is 2.92. The molecule has 0 saturated carbocycles. The summed E-state index contributed by atoms with van der Waals surface area (Å²) in [4.78, 5) is 12.8. The van der Waals surface area contributed by atoms with Crippen molar-refractivity contribution >= 4 is 18.4 Å². The number of hydrogen-bond donors (Lipinski definition) is 1. The number of carboxylic acids is 1. The van der Waals surface area contributed by atoms with Crippen LogP contribution in [0.3, 0.4) is 0 Å². The Labute approximate surface area is 110 Å². The Morgan fingerprint density at radius 2 is 2.18 bits per heavy atom. The lowest BCUT2D eigenvalue weighted by molar-refractivity contribution is -0.137. The third-order valence-electron chi connectivity index (χ3n) is 2.92. The molecule has 1 heterocycles. The van der Waals surface area contributed by atoms with E-state index in [2.05, 4.69) is 11.8 Å². The first-order valence-electron chi connectivity index (χ1n) is 6.28. The highest BCUT2D eigenvalue weighted by Crippen LogP contribution is 2.14. The molecule has 1 unspecified atom stereocenters. The summed E-state index contributed by atoms with van der Waals surface area (Å²) in [5, 5.41) is 8.68. The topological polar surface area (TPSA) is 49.8 Å². The van der Waals surface area contributed by atoms with Crippen molar-refractivity contribution in [2.24, 2.45) is 0 Å². The maximum atomic E-state index is 10.5. The van der Waals surface area contributed by atoms with E-state index in [1.807, 2.05) is 0 Å². The van der Waals surface area contributed by atoms with E-state index in [1.54, 1.807) is 0 Å². The monoisotopic (exact) mass is 265 g/mol. The zero-order valence-electron chi connectivity index (χ0n) is 10.6. The Morgan fingerprint density at radius 1 is 1.41 bits per heavy atom. The van der Waals surface area contributed by atoms with Gasteiger partial charge in [0.1, 0.15) is 0 Å². The smallest absolute Gasteiger partial charge is 0.304 e. The van der Waals surface area contributed by atoms with E-state index in [1.165, 1.54) is 12.8 Å². The van der Waals surface area contributed by atoms with Gasteiger partial charge in [-0.05, 0) is 32.2 Å². The van der Waals surface area contributed by atoms with Crippen LogP contribution in [-0.4, -0.2) is 48.3 Å². The van der Waals surface area contributed by atoms with Crippen LogP contribution in [0.5, 0.6) is 0 Å². The molecule has 0 aromatic rings. The molecule has 1 fully saturated rings. The third kappa shape index (κ3) is 7.58. The van der Waals surface area contributed by atoms with Crippen LogP contribution in [0.1, 0.15) is 39.0 Å². The summed E-state index contributed by atoms with van der Waals surface area (Å²) in [6.45, 7) is 5.48. The van der Waals surface area contributed by atoms with Crippen molar-refractivity contribution in [1.29, 1.82) is 0 Å². The largest absolute Gasteiger partial charge is 0.481 e. The van der Waals surface area contributed by atoms with Crippen molar-refractivity contribution in [2.45, 2.75) is 45.1 Å². The van der Waals surface area contributed by atoms with E-state index >= 15 is 0 Å². The molecule has 1 N–H and O–H groups in total. The normalized spacial score (nSPS) is 20.0. The molecule has 0 aliphatic carbocycles. The average Bonchev–Trinajstić information content (AvgIpc) is 2.27. The number of rotatable bonds is 7. The molecule has 0 radical (unpaired) electrons. The van der Waals surface area contributed by atoms with Crippen LogP contribution in [0.25, 0.3) is 0 Å². The van der Waals surface area contributed by atoms with E-state index in [-0.39, 0.29) is 18.8 Å². The van der Waals surface area contributed by atoms with Crippen molar-refractivity contribution in [3.8, 4) is 0 Å². The van der Waals surface area contributed by atoms with Gasteiger partial charge < -0.3 is 14.7 Å². The highest BCUT2D eigenvalue weighted by Gasteiger charge is 2.17. The lowest BCUT2D eigenvalue weighted by Crippen LogP contribution is -2.37. The highest BCUT2D eigenvalue weighted by atomic mass is 35.5. The molecule has 0 bridgehead atoms. The molecule has 0 aromatic carbocycles. The second-order valence-corrected chi connectivity index (χ2v) is 4.43. The Kier molecular flexibility index (Phi) is 9.50. The van der Waals surface area contributed by atoms with Crippen LogP contribution in [0, 0.1) is 0 Å². The molecule has 1 aliphatic heterocycles. The first-order valence-corrected chi connectivity index (χ1v) is 6.28. The summed E-state index contributed by atoms with van der Waals surface area (Å²) in [5.74, 6) is -0.717. The summed E-state index contributed by atoms with van der Waals surface area (Å²) in [6.07, 6.45) is 5.13. The minimum absolute atomic E-state index is 0. The Morgan fingerprint density at radius 3 is 2.71 bits per heavy atom. The van der Waals surface area contributed by atoms with Crippen LogP contribution in [0.4, 0.5) is 0 Å². The summed E-state index contributed by atoms with van der Waals surface area (Å²) < 4.78 is 5.67. The van der Waals surface area contributed by atoms with Crippen LogP contribution in [-0.2, 0) is 9.53 Å². The minimum atomic E-state index is -0.717. The maximum absolute atomic E-state index is 10.5. The Hall–Kier alpha value is -0.320. The van der Waals surface area contributed by atoms with Crippen LogP contribution < -0.4 is 0 Å². The second kappa shape index (κ2) is 9.68. The maximum Gasteiger partial charge on any atom is 0.304 e. The van der Waals surface area contributed by atoms with E-state index in [9.17, 15) is 4.79 Å². The summed E-state index contributed by atoms with van der Waals surface area (Å²) in [7, 11) is 0. The first kappa shape index (κ1) is 16.7. The van der Waals surface area contributed by atoms with E-state index in [0.717, 1.165) is 32.5 Å². The summed E-state index contributed by atoms with van der Waals surface area (Å²) >= 11 is 0. The van der Waals surface area contributed by atoms with Crippen molar-refractivity contribution in [2.75, 3.05) is 26.2 Å². The fraction of sp³-hybridized carbons (Fsp3) is 0.917. The number of hydrogen-bond acceptors (Lipinski definition) is 3. The first-order chi connectivity index (χ1) is 7.72. The van der Waals surface area contributed by atoms with Gasteiger partial charge in [-0.15, -0.1) is 12.4 Å². The van der Waals surface area contributed by atoms with Gasteiger partial charge in [-0.25, -0.2) is 0 Å². The van der Waals surface area contributed by atoms with Gasteiger partial charge in [0.2, 0.25) is 0 Å². The zero-order chi connectivity index (χ0) is 11.8. The molecule has 0 aromatic heterocycles. The SMILES string of the molecule is CCCN(CCC(=O)O)CC1CCCCO1.Cl. The molecule has 1 rings (SSSR count). The fourth-order valence-corrected chi connectivity index (χ4v) is 2.10. The van der Waals surface area contributed by atoms with Gasteiger partial charge in [-0.1, -0.05) is 6.92 Å². The number of halogens is 1. The second-order valence-electron chi connectivity index (χ2n) is 4.43. The predicted molar refractivity (Wildman–Crippen MR) is 69.8 cm³/mol. The van der Waals surface area contributed by atoms with Gasteiger partial charge >= 0.3 is 5.97 Å². The predicted octanol–water partition coefficient (Wildman–Crippen LogP) is 2.16. The average molecular weight is 266 g/mol. The highest BCUT2D eigenvalue weighted by molar-refractivity contribution is 5.85. The van der Waals surface area contributed by atoms with Gasteiger partial charge in [-0.2, -0.15) is 0 Å². The standard InChI is InChI=1S/C12H23NO3.ClH/c1-2-7-13(8-6-12(14)15)10-11-5-3-4-9-16-11;/h11H,2-10H2,1H3,(H,14,15);1H. The van der Waals surface area contributed by atoms with Crippen LogP contribution in [0.15, 0.2) is 0 Å². The number of carbonyl (C=O) groups is 1. The number of carboxylic acid groups (broad SMARTS) is 1. The van der Waals surface area contributed by atoms with Gasteiger partial charge in [0.25, 0.3) is 0 Å². The van der Waals surface area contributed by atoms with Crippen molar-refractivity contribution in [3.05, 3.63) is 0 Å². The lowest BCUT2D eigenvalue weighted by atomic mass is 10.1. The molecular formula is C12H24ClNO3. The quantitative estimate of drug-likeness (QED) is 0.766. The molecule has 5 heteroatoms. The van der Waals surface area contributed by atoms with E-state index < -0.39 is 5.97 Å². The van der Waals surface area contributed by atoms with Crippen molar-refractivity contribution in [1.82, 2.24) is 4.90 Å². The Balaban J connectivity index is 0.00000256. The number of aliphatic carboxylic acids is 1. The molecule has 1 aliphatic rings. The number of nitrogens with zero attached hydrogens (tertiary/aromatic N) is 1. The van der Waals surface area contributed by atoms with Gasteiger partial charge in [0, 0.05) is 19.7 Å². The van der Waals surface area contributed by atoms with Crippen LogP contribution in [0.2, 0.25) is 0 Å². The molecule has 0 amide bonds. The summed E-state index contributed by atoms with van der Waals surface area (Å²) in [6, 6.07) is 0.